The second-order valence-corrected chi connectivity index (χ2v) is 9.39. The lowest BCUT2D eigenvalue weighted by molar-refractivity contribution is -0.143. The summed E-state index contributed by atoms with van der Waals surface area (Å²) in [6, 6.07) is 0.608. The van der Waals surface area contributed by atoms with Gasteiger partial charge in [0.1, 0.15) is 23.9 Å². The van der Waals surface area contributed by atoms with E-state index >= 15 is 0 Å². The molecule has 1 aromatic carbocycles. The van der Waals surface area contributed by atoms with Crippen molar-refractivity contribution in [1.82, 2.24) is 16.0 Å². The summed E-state index contributed by atoms with van der Waals surface area (Å²) >= 11 is 0. The Hall–Kier alpha value is -4.93. The Labute approximate surface area is 241 Å². The summed E-state index contributed by atoms with van der Waals surface area (Å²) in [6.07, 6.45) is -1.36. The van der Waals surface area contributed by atoms with Crippen molar-refractivity contribution >= 4 is 41.5 Å². The number of carbonyl (C=O) groups is 6. The van der Waals surface area contributed by atoms with E-state index in [1.807, 2.05) is 0 Å². The number of benzene rings is 1. The number of guanidine groups is 1. The number of aliphatic imine (C=N–C) groups is 1. The number of rotatable bonds is 19. The number of nitrogens with two attached hydrogens (primary N) is 4. The van der Waals surface area contributed by atoms with Crippen LogP contribution in [0.3, 0.4) is 0 Å². The summed E-state index contributed by atoms with van der Waals surface area (Å²) in [4.78, 5) is 76.6. The van der Waals surface area contributed by atoms with E-state index in [9.17, 15) is 39.0 Å². The number of phenols is 1. The topological polar surface area (TPSA) is 316 Å². The molecule has 232 valence electrons. The molecule has 0 aromatic heterocycles. The highest BCUT2D eigenvalue weighted by atomic mass is 16.4. The van der Waals surface area contributed by atoms with Gasteiger partial charge in [-0.3, -0.25) is 29.0 Å². The molecule has 0 heterocycles. The van der Waals surface area contributed by atoms with Gasteiger partial charge in [-0.1, -0.05) is 12.1 Å². The summed E-state index contributed by atoms with van der Waals surface area (Å²) < 4.78 is 0. The van der Waals surface area contributed by atoms with Crippen molar-refractivity contribution in [3.05, 3.63) is 29.8 Å². The van der Waals surface area contributed by atoms with Gasteiger partial charge in [-0.15, -0.1) is 0 Å². The zero-order valence-electron chi connectivity index (χ0n) is 22.8. The predicted octanol–water partition coefficient (Wildman–Crippen LogP) is -3.02. The maximum atomic E-state index is 13.2. The van der Waals surface area contributed by atoms with Gasteiger partial charge < -0.3 is 54.2 Å². The molecular weight excluding hydrogens is 556 g/mol. The number of primary amides is 1. The Morgan fingerprint density at radius 1 is 0.762 bits per heavy atom. The van der Waals surface area contributed by atoms with Gasteiger partial charge >= 0.3 is 11.9 Å². The molecule has 17 heteroatoms. The van der Waals surface area contributed by atoms with Crippen molar-refractivity contribution in [2.75, 3.05) is 6.54 Å². The number of nitrogens with one attached hydrogen (secondary N) is 3. The SMILES string of the molecule is NC(=O)CCC(NC(=O)C(CCCN=C(N)N)NC(=O)C(N)Cc1ccc(O)cc1)C(=O)NC(CCC(=O)O)C(=O)O. The first kappa shape index (κ1) is 35.1. The van der Waals surface area contributed by atoms with Crippen molar-refractivity contribution < 1.29 is 44.1 Å². The quantitative estimate of drug-likeness (QED) is 0.0435. The standard InChI is InChI=1S/C25H38N8O9/c26-15(12-13-3-5-14(34)6-4-13)21(38)31-16(2-1-11-30-25(28)29)22(39)32-17(7-9-19(27)35)23(40)33-18(24(41)42)8-10-20(36)37/h3-6,15-18,34H,1-2,7-12,26H2,(H2,27,35)(H,31,38)(H,32,39)(H,33,40)(H,36,37)(H,41,42)(H4,28,29,30). The summed E-state index contributed by atoms with van der Waals surface area (Å²) in [6.45, 7) is 0.108. The monoisotopic (exact) mass is 594 g/mol. The number of aromatic hydroxyl groups is 1. The van der Waals surface area contributed by atoms with Gasteiger partial charge in [-0.2, -0.15) is 0 Å². The van der Waals surface area contributed by atoms with Crippen molar-refractivity contribution in [2.24, 2.45) is 27.9 Å². The summed E-state index contributed by atoms with van der Waals surface area (Å²) in [5.41, 5.74) is 22.5. The number of carboxylic acid groups (broad SMARTS) is 2. The zero-order chi connectivity index (χ0) is 31.8. The third-order valence-corrected chi connectivity index (χ3v) is 5.88. The fraction of sp³-hybridized carbons (Fsp3) is 0.480. The highest BCUT2D eigenvalue weighted by Gasteiger charge is 2.30. The fourth-order valence-corrected chi connectivity index (χ4v) is 3.66. The number of carbonyl (C=O) groups excluding carboxylic acids is 4. The first-order valence-corrected chi connectivity index (χ1v) is 12.9. The van der Waals surface area contributed by atoms with Crippen LogP contribution in [0.15, 0.2) is 29.3 Å². The van der Waals surface area contributed by atoms with Gasteiger partial charge in [0, 0.05) is 19.4 Å². The van der Waals surface area contributed by atoms with E-state index in [-0.39, 0.29) is 50.4 Å². The van der Waals surface area contributed by atoms with E-state index in [1.54, 1.807) is 12.1 Å². The van der Waals surface area contributed by atoms with Crippen LogP contribution in [0.25, 0.3) is 0 Å². The number of nitrogens with zero attached hydrogens (tertiary/aromatic N) is 1. The fourth-order valence-electron chi connectivity index (χ4n) is 3.66. The molecule has 0 aliphatic carbocycles. The minimum atomic E-state index is -1.59. The predicted molar refractivity (Wildman–Crippen MR) is 148 cm³/mol. The molecule has 42 heavy (non-hydrogen) atoms. The number of hydrogen-bond donors (Lipinski definition) is 10. The maximum Gasteiger partial charge on any atom is 0.326 e. The summed E-state index contributed by atoms with van der Waals surface area (Å²) in [7, 11) is 0. The second-order valence-electron chi connectivity index (χ2n) is 9.39. The van der Waals surface area contributed by atoms with Gasteiger partial charge in [-0.25, -0.2) is 4.79 Å². The van der Waals surface area contributed by atoms with Crippen molar-refractivity contribution in [3.63, 3.8) is 0 Å². The van der Waals surface area contributed by atoms with Gasteiger partial charge in [0.05, 0.1) is 6.04 Å². The summed E-state index contributed by atoms with van der Waals surface area (Å²) in [5.74, 6) is -6.30. The Morgan fingerprint density at radius 2 is 1.29 bits per heavy atom. The molecule has 0 saturated heterocycles. The van der Waals surface area contributed by atoms with Crippen LogP contribution in [0.5, 0.6) is 5.75 Å². The first-order valence-electron chi connectivity index (χ1n) is 12.9. The van der Waals surface area contributed by atoms with Crippen molar-refractivity contribution in [3.8, 4) is 5.75 Å². The van der Waals surface area contributed by atoms with Crippen LogP contribution in [-0.2, 0) is 35.2 Å². The van der Waals surface area contributed by atoms with Crippen molar-refractivity contribution in [2.45, 2.75) is 69.1 Å². The molecule has 4 atom stereocenters. The molecule has 0 bridgehead atoms. The van der Waals surface area contributed by atoms with E-state index in [2.05, 4.69) is 20.9 Å². The van der Waals surface area contributed by atoms with Gasteiger partial charge in [0.2, 0.25) is 23.6 Å². The van der Waals surface area contributed by atoms with E-state index in [0.717, 1.165) is 0 Å². The van der Waals surface area contributed by atoms with E-state index < -0.39 is 72.6 Å². The minimum Gasteiger partial charge on any atom is -0.508 e. The molecule has 0 aliphatic heterocycles. The lowest BCUT2D eigenvalue weighted by atomic mass is 10.0. The highest BCUT2D eigenvalue weighted by Crippen LogP contribution is 2.11. The van der Waals surface area contributed by atoms with E-state index in [0.29, 0.717) is 5.56 Å². The van der Waals surface area contributed by atoms with Crippen LogP contribution < -0.4 is 38.9 Å². The Balaban J connectivity index is 3.08. The molecule has 0 aliphatic rings. The first-order chi connectivity index (χ1) is 19.7. The van der Waals surface area contributed by atoms with Crippen molar-refractivity contribution in [1.29, 1.82) is 0 Å². The number of carboxylic acids is 2. The number of amides is 4. The van der Waals surface area contributed by atoms with Crippen LogP contribution in [0.1, 0.15) is 44.1 Å². The highest BCUT2D eigenvalue weighted by molar-refractivity contribution is 5.94. The van der Waals surface area contributed by atoms with Crippen LogP contribution >= 0.6 is 0 Å². The third-order valence-electron chi connectivity index (χ3n) is 5.88. The molecule has 0 spiro atoms. The Morgan fingerprint density at radius 3 is 1.81 bits per heavy atom. The third kappa shape index (κ3) is 13.9. The maximum absolute atomic E-state index is 13.2. The molecule has 17 nitrogen and oxygen atoms in total. The van der Waals surface area contributed by atoms with Crippen LogP contribution in [0.4, 0.5) is 0 Å². The summed E-state index contributed by atoms with van der Waals surface area (Å²) in [5, 5.41) is 34.7. The minimum absolute atomic E-state index is 0.000797. The Kier molecular flexibility index (Phi) is 14.8. The zero-order valence-corrected chi connectivity index (χ0v) is 22.8. The lowest BCUT2D eigenvalue weighted by Crippen LogP contribution is -2.57. The van der Waals surface area contributed by atoms with E-state index in [1.165, 1.54) is 12.1 Å². The molecule has 1 rings (SSSR count). The van der Waals surface area contributed by atoms with E-state index in [4.69, 9.17) is 28.0 Å². The van der Waals surface area contributed by atoms with Gasteiger partial charge in [0.15, 0.2) is 5.96 Å². The number of phenolic OH excluding ortho intramolecular Hbond substituents is 1. The molecule has 0 fully saturated rings. The average Bonchev–Trinajstić information content (AvgIpc) is 2.90. The second kappa shape index (κ2) is 17.7. The molecule has 0 radical (unpaired) electrons. The smallest absolute Gasteiger partial charge is 0.326 e. The molecule has 0 saturated carbocycles. The number of aliphatic carboxylic acids is 2. The van der Waals surface area contributed by atoms with Crippen LogP contribution in [-0.4, -0.2) is 87.6 Å². The lowest BCUT2D eigenvalue weighted by Gasteiger charge is -2.25. The van der Waals surface area contributed by atoms with Gasteiger partial charge in [0.25, 0.3) is 0 Å². The average molecular weight is 595 g/mol. The van der Waals surface area contributed by atoms with Gasteiger partial charge in [-0.05, 0) is 49.8 Å². The molecule has 4 amide bonds. The van der Waals surface area contributed by atoms with Crippen LogP contribution in [0.2, 0.25) is 0 Å². The number of hydrogen-bond acceptors (Lipinski definition) is 9. The Bertz CT molecular complexity index is 1140. The largest absolute Gasteiger partial charge is 0.508 e. The molecular formula is C25H38N8O9. The normalized spacial score (nSPS) is 13.5. The molecule has 1 aromatic rings. The van der Waals surface area contributed by atoms with Crippen LogP contribution in [0, 0.1) is 0 Å². The molecule has 14 N–H and O–H groups in total. The molecule has 4 unspecified atom stereocenters.